The van der Waals surface area contributed by atoms with Crippen LogP contribution in [-0.4, -0.2) is 40.9 Å². The van der Waals surface area contributed by atoms with Gasteiger partial charge < -0.3 is 14.2 Å². The number of amides is 1. The highest BCUT2D eigenvalue weighted by Gasteiger charge is 2.32. The lowest BCUT2D eigenvalue weighted by atomic mass is 9.87. The molecule has 0 spiro atoms. The summed E-state index contributed by atoms with van der Waals surface area (Å²) >= 11 is 10.2. The topological polar surface area (TPSA) is 65.1 Å². The van der Waals surface area contributed by atoms with E-state index in [2.05, 4.69) is 61.0 Å². The fraction of sp³-hybridized carbons (Fsp3) is 0.393. The molecule has 1 aliphatic rings. The highest BCUT2D eigenvalue weighted by molar-refractivity contribution is 9.10. The van der Waals surface area contributed by atoms with Crippen LogP contribution in [0.1, 0.15) is 57.7 Å². The number of thiocarbonyl (C=S) groups is 1. The summed E-state index contributed by atoms with van der Waals surface area (Å²) in [5, 5.41) is 0. The molecule has 0 aromatic heterocycles. The molecule has 9 heteroatoms. The van der Waals surface area contributed by atoms with Gasteiger partial charge in [-0.25, -0.2) is 0 Å². The minimum atomic E-state index is -0.355. The molecule has 0 aliphatic carbocycles. The summed E-state index contributed by atoms with van der Waals surface area (Å²) in [4.78, 5) is 26.5. The Morgan fingerprint density at radius 1 is 1.11 bits per heavy atom. The molecule has 0 N–H and O–H groups in total. The molecule has 0 atom stereocenters. The van der Waals surface area contributed by atoms with Crippen LogP contribution in [0.25, 0.3) is 6.08 Å². The van der Waals surface area contributed by atoms with E-state index in [0.717, 1.165) is 11.1 Å². The molecule has 1 heterocycles. The molecule has 1 fully saturated rings. The van der Waals surface area contributed by atoms with Gasteiger partial charge >= 0.3 is 5.97 Å². The maximum Gasteiger partial charge on any atom is 0.307 e. The molecule has 198 valence electrons. The van der Waals surface area contributed by atoms with Crippen molar-refractivity contribution < 1.29 is 23.8 Å². The van der Waals surface area contributed by atoms with Gasteiger partial charge in [-0.3, -0.25) is 14.5 Å². The van der Waals surface area contributed by atoms with Gasteiger partial charge in [-0.2, -0.15) is 0 Å². The van der Waals surface area contributed by atoms with Gasteiger partial charge in [0.25, 0.3) is 5.91 Å². The van der Waals surface area contributed by atoms with E-state index in [1.807, 2.05) is 19.1 Å². The van der Waals surface area contributed by atoms with Gasteiger partial charge in [0.15, 0.2) is 11.5 Å². The molecule has 1 saturated heterocycles. The standard InChI is InChI=1S/C28H32BrNO5S2/c1-6-33-22-15-19(16-23-26(32)30(27(36)37-23)13-12-24(31)34-7-2)14-21(29)25(22)35-17-18-8-10-20(11-9-18)28(3,4)5/h8-11,14-16H,6-7,12-13,17H2,1-5H3/b23-16+. The third-order valence-electron chi connectivity index (χ3n) is 5.55. The lowest BCUT2D eigenvalue weighted by Crippen LogP contribution is -2.30. The maximum atomic E-state index is 12.9. The molecular formula is C28H32BrNO5S2. The molecule has 3 rings (SSSR count). The largest absolute Gasteiger partial charge is 0.490 e. The van der Waals surface area contributed by atoms with Crippen molar-refractivity contribution in [2.75, 3.05) is 19.8 Å². The van der Waals surface area contributed by atoms with Crippen molar-refractivity contribution in [1.29, 1.82) is 0 Å². The fourth-order valence-electron chi connectivity index (χ4n) is 3.61. The van der Waals surface area contributed by atoms with Crippen molar-refractivity contribution >= 4 is 62.2 Å². The molecule has 2 aromatic rings. The second kappa shape index (κ2) is 12.9. The molecule has 1 aliphatic heterocycles. The Labute approximate surface area is 236 Å². The molecule has 0 unspecified atom stereocenters. The third-order valence-corrected chi connectivity index (χ3v) is 7.52. The molecule has 6 nitrogen and oxygen atoms in total. The first-order valence-corrected chi connectivity index (χ1v) is 14.1. The molecule has 2 aromatic carbocycles. The van der Waals surface area contributed by atoms with E-state index in [-0.39, 0.29) is 30.3 Å². The lowest BCUT2D eigenvalue weighted by molar-refractivity contribution is -0.143. The highest BCUT2D eigenvalue weighted by atomic mass is 79.9. The molecule has 37 heavy (non-hydrogen) atoms. The second-order valence-corrected chi connectivity index (χ2v) is 11.9. The van der Waals surface area contributed by atoms with Gasteiger partial charge in [0.05, 0.1) is 29.0 Å². The smallest absolute Gasteiger partial charge is 0.307 e. The van der Waals surface area contributed by atoms with Crippen LogP contribution in [0, 0.1) is 0 Å². The van der Waals surface area contributed by atoms with E-state index in [0.29, 0.717) is 45.0 Å². The van der Waals surface area contributed by atoms with E-state index < -0.39 is 0 Å². The zero-order valence-corrected chi connectivity index (χ0v) is 25.0. The SMILES string of the molecule is CCOC(=O)CCN1C(=O)/C(=C\c2cc(Br)c(OCc3ccc(C(C)(C)C)cc3)c(OCC)c2)SC1=S. The van der Waals surface area contributed by atoms with Gasteiger partial charge in [-0.05, 0) is 70.1 Å². The zero-order valence-electron chi connectivity index (χ0n) is 21.8. The Morgan fingerprint density at radius 2 is 1.81 bits per heavy atom. The summed E-state index contributed by atoms with van der Waals surface area (Å²) in [6.07, 6.45) is 1.87. The van der Waals surface area contributed by atoms with E-state index >= 15 is 0 Å². The summed E-state index contributed by atoms with van der Waals surface area (Å²) in [6, 6.07) is 12.1. The van der Waals surface area contributed by atoms with Gasteiger partial charge in [0.1, 0.15) is 10.9 Å². The van der Waals surface area contributed by atoms with E-state index in [4.69, 9.17) is 26.4 Å². The van der Waals surface area contributed by atoms with Crippen molar-refractivity contribution in [2.45, 2.75) is 53.1 Å². The van der Waals surface area contributed by atoms with Crippen molar-refractivity contribution in [3.05, 3.63) is 62.5 Å². The number of carbonyl (C=O) groups is 2. The number of halogens is 1. The van der Waals surface area contributed by atoms with Gasteiger partial charge in [0.2, 0.25) is 0 Å². The molecule has 0 saturated carbocycles. The zero-order chi connectivity index (χ0) is 27.2. The first-order chi connectivity index (χ1) is 17.5. The van der Waals surface area contributed by atoms with Crippen LogP contribution in [0.2, 0.25) is 0 Å². The summed E-state index contributed by atoms with van der Waals surface area (Å²) in [5.41, 5.74) is 3.18. The number of esters is 1. The number of ether oxygens (including phenoxy) is 3. The number of hydrogen-bond acceptors (Lipinski definition) is 7. The number of hydrogen-bond donors (Lipinski definition) is 0. The Hall–Kier alpha value is -2.36. The first-order valence-electron chi connectivity index (χ1n) is 12.1. The van der Waals surface area contributed by atoms with Crippen molar-refractivity contribution in [3.8, 4) is 11.5 Å². The fourth-order valence-corrected chi connectivity index (χ4v) is 5.49. The van der Waals surface area contributed by atoms with Crippen LogP contribution in [0.4, 0.5) is 0 Å². The normalized spacial score (nSPS) is 14.9. The molecule has 0 bridgehead atoms. The molecule has 0 radical (unpaired) electrons. The Kier molecular flexibility index (Phi) is 10.2. The second-order valence-electron chi connectivity index (χ2n) is 9.39. The summed E-state index contributed by atoms with van der Waals surface area (Å²) < 4.78 is 18.1. The van der Waals surface area contributed by atoms with Crippen LogP contribution >= 0.6 is 39.9 Å². The van der Waals surface area contributed by atoms with Gasteiger partial charge in [-0.1, -0.05) is 69.0 Å². The summed E-state index contributed by atoms with van der Waals surface area (Å²) in [5.74, 6) is 0.590. The molecule has 1 amide bonds. The van der Waals surface area contributed by atoms with Crippen LogP contribution in [-0.2, 0) is 26.3 Å². The highest BCUT2D eigenvalue weighted by Crippen LogP contribution is 2.40. The number of thioether (sulfide) groups is 1. The number of benzene rings is 2. The minimum absolute atomic E-state index is 0.0928. The van der Waals surface area contributed by atoms with Crippen LogP contribution < -0.4 is 9.47 Å². The van der Waals surface area contributed by atoms with E-state index in [1.165, 1.54) is 22.2 Å². The first kappa shape index (κ1) is 29.2. The summed E-state index contributed by atoms with van der Waals surface area (Å²) in [6.45, 7) is 11.6. The average Bonchev–Trinajstić information content (AvgIpc) is 3.09. The maximum absolute atomic E-state index is 12.9. The Balaban J connectivity index is 1.76. The van der Waals surface area contributed by atoms with Crippen molar-refractivity contribution in [2.24, 2.45) is 0 Å². The lowest BCUT2D eigenvalue weighted by Gasteiger charge is -2.19. The van der Waals surface area contributed by atoms with Crippen LogP contribution in [0.15, 0.2) is 45.8 Å². The van der Waals surface area contributed by atoms with Crippen LogP contribution in [0.5, 0.6) is 11.5 Å². The Bertz CT molecular complexity index is 1190. The predicted molar refractivity (Wildman–Crippen MR) is 156 cm³/mol. The van der Waals surface area contributed by atoms with Gasteiger partial charge in [-0.15, -0.1) is 0 Å². The number of carbonyl (C=O) groups excluding carboxylic acids is 2. The van der Waals surface area contributed by atoms with E-state index in [1.54, 1.807) is 13.0 Å². The quantitative estimate of drug-likeness (QED) is 0.166. The third kappa shape index (κ3) is 7.82. The van der Waals surface area contributed by atoms with Crippen molar-refractivity contribution in [1.82, 2.24) is 4.90 Å². The minimum Gasteiger partial charge on any atom is -0.490 e. The number of nitrogens with zero attached hydrogens (tertiary/aromatic N) is 1. The van der Waals surface area contributed by atoms with Crippen molar-refractivity contribution in [3.63, 3.8) is 0 Å². The van der Waals surface area contributed by atoms with Crippen LogP contribution in [0.3, 0.4) is 0 Å². The monoisotopic (exact) mass is 605 g/mol. The summed E-state index contributed by atoms with van der Waals surface area (Å²) in [7, 11) is 0. The van der Waals surface area contributed by atoms with E-state index in [9.17, 15) is 9.59 Å². The Morgan fingerprint density at radius 3 is 2.43 bits per heavy atom. The number of rotatable bonds is 10. The predicted octanol–water partition coefficient (Wildman–Crippen LogP) is 6.88. The van der Waals surface area contributed by atoms with Gasteiger partial charge in [0, 0.05) is 6.54 Å². The average molecular weight is 607 g/mol. The molecular weight excluding hydrogens is 574 g/mol.